The van der Waals surface area contributed by atoms with E-state index in [0.717, 1.165) is 5.75 Å². The summed E-state index contributed by atoms with van der Waals surface area (Å²) in [6.45, 7) is 0.165. The number of aliphatic carboxylic acids is 1. The minimum atomic E-state index is -0.994. The fraction of sp³-hybridized carbons (Fsp3) is 0.312. The average molecular weight is 333 g/mol. The molecule has 0 radical (unpaired) electrons. The van der Waals surface area contributed by atoms with Crippen molar-refractivity contribution in [3.05, 3.63) is 36.5 Å². The van der Waals surface area contributed by atoms with Gasteiger partial charge in [-0.3, -0.25) is 14.3 Å². The molecular weight excluding hydrogens is 314 g/mol. The summed E-state index contributed by atoms with van der Waals surface area (Å²) in [5.41, 5.74) is 0. The first-order chi connectivity index (χ1) is 11.6. The molecule has 0 bridgehead atoms. The molecule has 1 amide bonds. The van der Waals surface area contributed by atoms with Crippen molar-refractivity contribution in [1.29, 1.82) is 0 Å². The summed E-state index contributed by atoms with van der Waals surface area (Å²) in [5, 5.41) is 15.2. The van der Waals surface area contributed by atoms with E-state index >= 15 is 0 Å². The molecule has 0 aliphatic rings. The first kappa shape index (κ1) is 17.3. The van der Waals surface area contributed by atoms with Crippen molar-refractivity contribution >= 4 is 17.7 Å². The normalized spacial score (nSPS) is 10.2. The van der Waals surface area contributed by atoms with Crippen LogP contribution < -0.4 is 14.8 Å². The van der Waals surface area contributed by atoms with Gasteiger partial charge in [-0.25, -0.2) is 0 Å². The number of carboxylic acids is 1. The van der Waals surface area contributed by atoms with Gasteiger partial charge in [-0.15, -0.1) is 0 Å². The quantitative estimate of drug-likeness (QED) is 0.678. The Morgan fingerprint density at radius 2 is 1.92 bits per heavy atom. The minimum absolute atomic E-state index is 0.200. The SMILES string of the molecule is COc1ccc(OCCCC(=O)Nc2ccn(CC(=O)O)n2)cc1. The summed E-state index contributed by atoms with van der Waals surface area (Å²) in [5.74, 6) is 0.602. The summed E-state index contributed by atoms with van der Waals surface area (Å²) in [4.78, 5) is 22.3. The van der Waals surface area contributed by atoms with Gasteiger partial charge in [-0.1, -0.05) is 0 Å². The number of rotatable bonds is 9. The molecule has 0 spiro atoms. The van der Waals surface area contributed by atoms with Gasteiger partial charge in [0.15, 0.2) is 5.82 Å². The van der Waals surface area contributed by atoms with Crippen LogP contribution in [0.4, 0.5) is 5.82 Å². The molecule has 0 aliphatic heterocycles. The number of carboxylic acid groups (broad SMARTS) is 1. The lowest BCUT2D eigenvalue weighted by Crippen LogP contribution is -2.14. The zero-order valence-electron chi connectivity index (χ0n) is 13.3. The van der Waals surface area contributed by atoms with Crippen molar-refractivity contribution in [3.8, 4) is 11.5 Å². The number of nitrogens with one attached hydrogen (secondary N) is 1. The van der Waals surface area contributed by atoms with Crippen LogP contribution in [0.25, 0.3) is 0 Å². The molecule has 0 saturated heterocycles. The van der Waals surface area contributed by atoms with Gasteiger partial charge in [0, 0.05) is 18.7 Å². The van der Waals surface area contributed by atoms with E-state index in [2.05, 4.69) is 10.4 Å². The highest BCUT2D eigenvalue weighted by Gasteiger charge is 2.07. The van der Waals surface area contributed by atoms with Crippen molar-refractivity contribution < 1.29 is 24.2 Å². The van der Waals surface area contributed by atoms with E-state index in [1.54, 1.807) is 37.4 Å². The average Bonchev–Trinajstić information content (AvgIpc) is 2.98. The molecule has 0 atom stereocenters. The van der Waals surface area contributed by atoms with Gasteiger partial charge in [-0.2, -0.15) is 5.10 Å². The smallest absolute Gasteiger partial charge is 0.325 e. The Balaban J connectivity index is 1.67. The number of hydrogen-bond donors (Lipinski definition) is 2. The Morgan fingerprint density at radius 3 is 2.58 bits per heavy atom. The minimum Gasteiger partial charge on any atom is -0.497 e. The molecule has 2 aromatic rings. The summed E-state index contributed by atoms with van der Waals surface area (Å²) in [6, 6.07) is 8.75. The Kier molecular flexibility index (Phi) is 6.18. The third-order valence-electron chi connectivity index (χ3n) is 3.08. The maximum Gasteiger partial charge on any atom is 0.325 e. The zero-order valence-corrected chi connectivity index (χ0v) is 13.3. The molecule has 1 heterocycles. The number of benzene rings is 1. The lowest BCUT2D eigenvalue weighted by Gasteiger charge is -2.07. The van der Waals surface area contributed by atoms with Crippen LogP contribution in [-0.4, -0.2) is 40.5 Å². The second kappa shape index (κ2) is 8.56. The number of carbonyl (C=O) groups excluding carboxylic acids is 1. The summed E-state index contributed by atoms with van der Waals surface area (Å²) in [7, 11) is 1.60. The van der Waals surface area contributed by atoms with Crippen molar-refractivity contribution in [2.75, 3.05) is 19.0 Å². The van der Waals surface area contributed by atoms with Gasteiger partial charge in [0.2, 0.25) is 5.91 Å². The number of anilines is 1. The largest absolute Gasteiger partial charge is 0.497 e. The standard InChI is InChI=1S/C16H19N3O5/c1-23-12-4-6-13(7-5-12)24-10-2-3-15(20)17-14-8-9-19(18-14)11-16(21)22/h4-9H,2-3,10-11H2,1H3,(H,21,22)(H,17,18,20). The summed E-state index contributed by atoms with van der Waals surface area (Å²) in [6.07, 6.45) is 2.33. The molecule has 24 heavy (non-hydrogen) atoms. The van der Waals surface area contributed by atoms with Crippen LogP contribution in [0.2, 0.25) is 0 Å². The second-order valence-corrected chi connectivity index (χ2v) is 4.97. The number of ether oxygens (including phenoxy) is 2. The number of amides is 1. The molecule has 1 aromatic carbocycles. The highest BCUT2D eigenvalue weighted by atomic mass is 16.5. The van der Waals surface area contributed by atoms with E-state index in [1.807, 2.05) is 0 Å². The number of methoxy groups -OCH3 is 1. The number of hydrogen-bond acceptors (Lipinski definition) is 5. The Morgan fingerprint density at radius 1 is 1.21 bits per heavy atom. The first-order valence-electron chi connectivity index (χ1n) is 7.39. The lowest BCUT2D eigenvalue weighted by molar-refractivity contribution is -0.137. The van der Waals surface area contributed by atoms with Gasteiger partial charge < -0.3 is 19.9 Å². The fourth-order valence-electron chi connectivity index (χ4n) is 1.96. The van der Waals surface area contributed by atoms with Crippen molar-refractivity contribution in [2.24, 2.45) is 0 Å². The maximum absolute atomic E-state index is 11.8. The van der Waals surface area contributed by atoms with Gasteiger partial charge >= 0.3 is 5.97 Å². The Labute approximate surface area is 139 Å². The van der Waals surface area contributed by atoms with Crippen LogP contribution in [0.1, 0.15) is 12.8 Å². The molecule has 2 N–H and O–H groups in total. The lowest BCUT2D eigenvalue weighted by atomic mass is 10.3. The van der Waals surface area contributed by atoms with Gasteiger partial charge in [0.1, 0.15) is 18.0 Å². The van der Waals surface area contributed by atoms with Crippen LogP contribution in [-0.2, 0) is 16.1 Å². The highest BCUT2D eigenvalue weighted by molar-refractivity contribution is 5.89. The summed E-state index contributed by atoms with van der Waals surface area (Å²) < 4.78 is 11.8. The predicted octanol–water partition coefficient (Wildman–Crippen LogP) is 1.77. The maximum atomic E-state index is 11.8. The predicted molar refractivity (Wildman–Crippen MR) is 86.2 cm³/mol. The van der Waals surface area contributed by atoms with E-state index in [0.29, 0.717) is 24.6 Å². The van der Waals surface area contributed by atoms with Gasteiger partial charge in [0.05, 0.1) is 13.7 Å². The Bertz CT molecular complexity index is 681. The third-order valence-corrected chi connectivity index (χ3v) is 3.08. The van der Waals surface area contributed by atoms with E-state index in [1.165, 1.54) is 10.9 Å². The van der Waals surface area contributed by atoms with Crippen molar-refractivity contribution in [2.45, 2.75) is 19.4 Å². The van der Waals surface area contributed by atoms with Crippen LogP contribution in [0.15, 0.2) is 36.5 Å². The Hall–Kier alpha value is -3.03. The molecular formula is C16H19N3O5. The monoisotopic (exact) mass is 333 g/mol. The second-order valence-electron chi connectivity index (χ2n) is 4.97. The van der Waals surface area contributed by atoms with E-state index in [9.17, 15) is 9.59 Å². The topological polar surface area (TPSA) is 103 Å². The number of aromatic nitrogens is 2. The van der Waals surface area contributed by atoms with E-state index < -0.39 is 5.97 Å². The molecule has 1 aromatic heterocycles. The molecule has 0 saturated carbocycles. The summed E-state index contributed by atoms with van der Waals surface area (Å²) >= 11 is 0. The first-order valence-corrected chi connectivity index (χ1v) is 7.39. The molecule has 128 valence electrons. The number of nitrogens with zero attached hydrogens (tertiary/aromatic N) is 2. The molecule has 2 rings (SSSR count). The van der Waals surface area contributed by atoms with Crippen molar-refractivity contribution in [3.63, 3.8) is 0 Å². The molecule has 0 aliphatic carbocycles. The van der Waals surface area contributed by atoms with E-state index in [-0.39, 0.29) is 18.9 Å². The molecule has 0 unspecified atom stereocenters. The third kappa shape index (κ3) is 5.64. The molecule has 8 nitrogen and oxygen atoms in total. The number of carbonyl (C=O) groups is 2. The van der Waals surface area contributed by atoms with Gasteiger partial charge in [0.25, 0.3) is 0 Å². The van der Waals surface area contributed by atoms with Crippen LogP contribution in [0.3, 0.4) is 0 Å². The zero-order chi connectivity index (χ0) is 17.4. The fourth-order valence-corrected chi connectivity index (χ4v) is 1.96. The molecule has 0 fully saturated rings. The van der Waals surface area contributed by atoms with Crippen LogP contribution in [0, 0.1) is 0 Å². The van der Waals surface area contributed by atoms with Crippen molar-refractivity contribution in [1.82, 2.24) is 9.78 Å². The van der Waals surface area contributed by atoms with E-state index in [4.69, 9.17) is 14.6 Å². The van der Waals surface area contributed by atoms with Crippen LogP contribution >= 0.6 is 0 Å². The molecule has 8 heteroatoms. The van der Waals surface area contributed by atoms with Crippen LogP contribution in [0.5, 0.6) is 11.5 Å². The highest BCUT2D eigenvalue weighted by Crippen LogP contribution is 2.17. The van der Waals surface area contributed by atoms with Gasteiger partial charge in [-0.05, 0) is 30.7 Å².